The molecule has 2 heterocycles. The quantitative estimate of drug-likeness (QED) is 0.891. The average molecular weight is 320 g/mol. The maximum absolute atomic E-state index is 12.0. The summed E-state index contributed by atoms with van der Waals surface area (Å²) in [6.45, 7) is 1.68. The van der Waals surface area contributed by atoms with Crippen LogP contribution in [0.1, 0.15) is 17.3 Å². The number of benzene rings is 1. The molecule has 0 radical (unpaired) electrons. The molecule has 2 aromatic rings. The molecule has 2 amide bonds. The molecular weight excluding hydrogens is 306 g/mol. The monoisotopic (exact) mass is 319 g/mol. The van der Waals surface area contributed by atoms with E-state index in [0.717, 1.165) is 0 Å². The van der Waals surface area contributed by atoms with Gasteiger partial charge in [-0.15, -0.1) is 12.4 Å². The summed E-state index contributed by atoms with van der Waals surface area (Å²) in [4.78, 5) is 27.5. The molecule has 2 N–H and O–H groups in total. The molecular formula is C15H14ClN3O3. The number of hydrogen-bond donors (Lipinski definition) is 2. The fourth-order valence-electron chi connectivity index (χ4n) is 1.99. The Balaban J connectivity index is 0.00000176. The van der Waals surface area contributed by atoms with E-state index in [2.05, 4.69) is 15.6 Å². The molecule has 6 nitrogen and oxygen atoms in total. The molecule has 0 bridgehead atoms. The Bertz CT molecular complexity index is 706. The summed E-state index contributed by atoms with van der Waals surface area (Å²) in [5.41, 5.74) is 1.64. The van der Waals surface area contributed by atoms with E-state index in [1.165, 1.54) is 0 Å². The third-order valence-electron chi connectivity index (χ3n) is 3.11. The standard InChI is InChI=1S/C15H13N3O3.ClH/c1-9-14(19)18-12-8-11(2-3-13(12)21-9)17-15(20)10-4-6-16-7-5-10;/h2-9H,1H3,(H,17,20)(H,18,19);1H. The van der Waals surface area contributed by atoms with Crippen molar-refractivity contribution in [2.75, 3.05) is 10.6 Å². The summed E-state index contributed by atoms with van der Waals surface area (Å²) in [6, 6.07) is 8.36. The van der Waals surface area contributed by atoms with Crippen LogP contribution in [0.3, 0.4) is 0 Å². The molecule has 0 fully saturated rings. The summed E-state index contributed by atoms with van der Waals surface area (Å²) in [6.07, 6.45) is 2.59. The molecule has 22 heavy (non-hydrogen) atoms. The molecule has 0 spiro atoms. The molecule has 0 aliphatic carbocycles. The van der Waals surface area contributed by atoms with E-state index in [9.17, 15) is 9.59 Å². The number of halogens is 1. The van der Waals surface area contributed by atoms with Gasteiger partial charge in [0.15, 0.2) is 6.10 Å². The van der Waals surface area contributed by atoms with E-state index in [1.54, 1.807) is 49.6 Å². The molecule has 1 aliphatic heterocycles. The van der Waals surface area contributed by atoms with Gasteiger partial charge in [-0.2, -0.15) is 0 Å². The van der Waals surface area contributed by atoms with Gasteiger partial charge in [-0.1, -0.05) is 0 Å². The first-order valence-electron chi connectivity index (χ1n) is 6.46. The van der Waals surface area contributed by atoms with Gasteiger partial charge in [0.2, 0.25) is 0 Å². The summed E-state index contributed by atoms with van der Waals surface area (Å²) in [5, 5.41) is 5.50. The highest BCUT2D eigenvalue weighted by Gasteiger charge is 2.23. The van der Waals surface area contributed by atoms with Gasteiger partial charge in [0.25, 0.3) is 11.8 Å². The Morgan fingerprint density at radius 3 is 2.73 bits per heavy atom. The van der Waals surface area contributed by atoms with E-state index >= 15 is 0 Å². The maximum atomic E-state index is 12.0. The Morgan fingerprint density at radius 2 is 2.00 bits per heavy atom. The number of hydrogen-bond acceptors (Lipinski definition) is 4. The minimum atomic E-state index is -0.519. The zero-order valence-electron chi connectivity index (χ0n) is 11.7. The maximum Gasteiger partial charge on any atom is 0.265 e. The lowest BCUT2D eigenvalue weighted by Gasteiger charge is -2.23. The highest BCUT2D eigenvalue weighted by Crippen LogP contribution is 2.32. The summed E-state index contributed by atoms with van der Waals surface area (Å²) in [7, 11) is 0. The van der Waals surface area contributed by atoms with E-state index in [1.807, 2.05) is 0 Å². The van der Waals surface area contributed by atoms with Crippen molar-refractivity contribution in [1.82, 2.24) is 4.98 Å². The van der Waals surface area contributed by atoms with Crippen LogP contribution in [0.4, 0.5) is 11.4 Å². The predicted molar refractivity (Wildman–Crippen MR) is 84.6 cm³/mol. The number of nitrogens with zero attached hydrogens (tertiary/aromatic N) is 1. The van der Waals surface area contributed by atoms with Crippen molar-refractivity contribution >= 4 is 35.6 Å². The van der Waals surface area contributed by atoms with Gasteiger partial charge < -0.3 is 15.4 Å². The van der Waals surface area contributed by atoms with Crippen LogP contribution in [0.25, 0.3) is 0 Å². The van der Waals surface area contributed by atoms with Crippen molar-refractivity contribution in [2.24, 2.45) is 0 Å². The topological polar surface area (TPSA) is 80.3 Å². The molecule has 114 valence electrons. The predicted octanol–water partition coefficient (Wildman–Crippen LogP) is 2.48. The number of carbonyl (C=O) groups is 2. The average Bonchev–Trinajstić information content (AvgIpc) is 2.49. The fraction of sp³-hybridized carbons (Fsp3) is 0.133. The zero-order valence-corrected chi connectivity index (χ0v) is 12.5. The number of fused-ring (bicyclic) bond motifs is 1. The van der Waals surface area contributed by atoms with Gasteiger partial charge in [-0.05, 0) is 37.3 Å². The zero-order chi connectivity index (χ0) is 14.8. The molecule has 7 heteroatoms. The van der Waals surface area contributed by atoms with Gasteiger partial charge in [0.05, 0.1) is 5.69 Å². The molecule has 0 saturated carbocycles. The lowest BCUT2D eigenvalue weighted by atomic mass is 10.2. The van der Waals surface area contributed by atoms with Gasteiger partial charge >= 0.3 is 0 Å². The number of pyridine rings is 1. The first kappa shape index (κ1) is 15.8. The summed E-state index contributed by atoms with van der Waals surface area (Å²) in [5.74, 6) is 0.137. The summed E-state index contributed by atoms with van der Waals surface area (Å²) < 4.78 is 5.46. The number of rotatable bonds is 2. The highest BCUT2D eigenvalue weighted by molar-refractivity contribution is 6.05. The first-order valence-corrected chi connectivity index (χ1v) is 6.46. The number of nitrogens with one attached hydrogen (secondary N) is 2. The summed E-state index contributed by atoms with van der Waals surface area (Å²) >= 11 is 0. The van der Waals surface area contributed by atoms with E-state index in [4.69, 9.17) is 4.74 Å². The molecule has 1 unspecified atom stereocenters. The second-order valence-corrected chi connectivity index (χ2v) is 4.65. The van der Waals surface area contributed by atoms with Crippen molar-refractivity contribution in [2.45, 2.75) is 13.0 Å². The third-order valence-corrected chi connectivity index (χ3v) is 3.11. The second kappa shape index (κ2) is 6.44. The number of aromatic nitrogens is 1. The third kappa shape index (κ3) is 3.17. The Labute approximate surface area is 133 Å². The number of anilines is 2. The minimum absolute atomic E-state index is 0. The lowest BCUT2D eigenvalue weighted by molar-refractivity contribution is -0.122. The van der Waals surface area contributed by atoms with Crippen molar-refractivity contribution < 1.29 is 14.3 Å². The van der Waals surface area contributed by atoms with Crippen LogP contribution in [-0.4, -0.2) is 22.9 Å². The van der Waals surface area contributed by atoms with Crippen molar-refractivity contribution in [3.8, 4) is 5.75 Å². The van der Waals surface area contributed by atoms with Crippen LogP contribution in [-0.2, 0) is 4.79 Å². The van der Waals surface area contributed by atoms with Gasteiger partial charge in [-0.25, -0.2) is 0 Å². The van der Waals surface area contributed by atoms with Crippen LogP contribution < -0.4 is 15.4 Å². The highest BCUT2D eigenvalue weighted by atomic mass is 35.5. The van der Waals surface area contributed by atoms with Gasteiger partial charge in [0, 0.05) is 23.6 Å². The van der Waals surface area contributed by atoms with E-state index in [-0.39, 0.29) is 24.2 Å². The number of amides is 2. The number of ether oxygens (including phenoxy) is 1. The van der Waals surface area contributed by atoms with Crippen LogP contribution in [0.15, 0.2) is 42.7 Å². The second-order valence-electron chi connectivity index (χ2n) is 4.65. The molecule has 1 aliphatic rings. The first-order chi connectivity index (χ1) is 10.1. The van der Waals surface area contributed by atoms with Crippen molar-refractivity contribution in [3.05, 3.63) is 48.3 Å². The normalized spacial score (nSPS) is 15.7. The van der Waals surface area contributed by atoms with Crippen LogP contribution in [0, 0.1) is 0 Å². The lowest BCUT2D eigenvalue weighted by Crippen LogP contribution is -2.34. The number of carbonyl (C=O) groups excluding carboxylic acids is 2. The SMILES string of the molecule is CC1Oc2ccc(NC(=O)c3ccncc3)cc2NC1=O.Cl. The Hall–Kier alpha value is -2.60. The largest absolute Gasteiger partial charge is 0.479 e. The Morgan fingerprint density at radius 1 is 1.27 bits per heavy atom. The smallest absolute Gasteiger partial charge is 0.265 e. The van der Waals surface area contributed by atoms with E-state index in [0.29, 0.717) is 22.7 Å². The molecule has 1 aromatic heterocycles. The molecule has 1 aromatic carbocycles. The molecule has 3 rings (SSSR count). The fourth-order valence-corrected chi connectivity index (χ4v) is 1.99. The molecule has 0 saturated heterocycles. The van der Waals surface area contributed by atoms with E-state index < -0.39 is 6.10 Å². The van der Waals surface area contributed by atoms with Crippen LogP contribution >= 0.6 is 12.4 Å². The van der Waals surface area contributed by atoms with Crippen molar-refractivity contribution in [3.63, 3.8) is 0 Å². The van der Waals surface area contributed by atoms with Crippen LogP contribution in [0.2, 0.25) is 0 Å². The van der Waals surface area contributed by atoms with Crippen LogP contribution in [0.5, 0.6) is 5.75 Å². The minimum Gasteiger partial charge on any atom is -0.479 e. The van der Waals surface area contributed by atoms with Crippen molar-refractivity contribution in [1.29, 1.82) is 0 Å². The van der Waals surface area contributed by atoms with Gasteiger partial charge in [0.1, 0.15) is 5.75 Å². The van der Waals surface area contributed by atoms with Gasteiger partial charge in [-0.3, -0.25) is 14.6 Å². The Kier molecular flexibility index (Phi) is 4.62. The molecule has 1 atom stereocenters.